The third-order valence-electron chi connectivity index (χ3n) is 1.43. The largest absolute Gasteiger partial charge is 0.390 e. The van der Waals surface area contributed by atoms with Crippen molar-refractivity contribution in [1.82, 2.24) is 4.98 Å². The van der Waals surface area contributed by atoms with E-state index in [0.29, 0.717) is 8.17 Å². The molecule has 0 amide bonds. The van der Waals surface area contributed by atoms with E-state index in [1.807, 2.05) is 22.6 Å². The first kappa shape index (κ1) is 11.3. The molecule has 1 N–H and O–H groups in total. The minimum atomic E-state index is -2.60. The molecular weight excluding hydrogens is 359 g/mol. The van der Waals surface area contributed by atoms with Gasteiger partial charge in [0.1, 0.15) is 4.60 Å². The van der Waals surface area contributed by atoms with Crippen molar-refractivity contribution in [2.75, 3.05) is 0 Å². The van der Waals surface area contributed by atoms with Crippen LogP contribution in [0.1, 0.15) is 17.7 Å². The van der Waals surface area contributed by atoms with Crippen molar-refractivity contribution < 1.29 is 13.9 Å². The van der Waals surface area contributed by atoms with Crippen LogP contribution < -0.4 is 0 Å². The van der Waals surface area contributed by atoms with Gasteiger partial charge in [-0.05, 0) is 44.6 Å². The van der Waals surface area contributed by atoms with Gasteiger partial charge in [-0.15, -0.1) is 0 Å². The maximum atomic E-state index is 12.4. The molecule has 0 radical (unpaired) electrons. The first-order valence-electron chi connectivity index (χ1n) is 3.30. The van der Waals surface area contributed by atoms with E-state index in [9.17, 15) is 8.78 Å². The van der Waals surface area contributed by atoms with Crippen LogP contribution in [0.25, 0.3) is 0 Å². The van der Waals surface area contributed by atoms with Crippen LogP contribution in [0.2, 0.25) is 0 Å². The van der Waals surface area contributed by atoms with Crippen LogP contribution >= 0.6 is 38.5 Å². The number of rotatable bonds is 2. The summed E-state index contributed by atoms with van der Waals surface area (Å²) >= 11 is 4.99. The third kappa shape index (κ3) is 2.57. The van der Waals surface area contributed by atoms with E-state index in [4.69, 9.17) is 5.11 Å². The fraction of sp³-hybridized carbons (Fsp3) is 0.286. The predicted molar refractivity (Wildman–Crippen MR) is 55.5 cm³/mol. The zero-order valence-corrected chi connectivity index (χ0v) is 10.0. The summed E-state index contributed by atoms with van der Waals surface area (Å²) in [4.78, 5) is 3.79. The van der Waals surface area contributed by atoms with Crippen LogP contribution in [0.5, 0.6) is 0 Å². The number of hydrogen-bond acceptors (Lipinski definition) is 2. The summed E-state index contributed by atoms with van der Waals surface area (Å²) in [5.74, 6) is 0. The molecule has 1 rings (SSSR count). The van der Waals surface area contributed by atoms with Crippen LogP contribution in [0.15, 0.2) is 10.7 Å². The van der Waals surface area contributed by atoms with Crippen LogP contribution in [0, 0.1) is 3.57 Å². The Morgan fingerprint density at radius 3 is 2.69 bits per heavy atom. The lowest BCUT2D eigenvalue weighted by Gasteiger charge is -2.07. The molecule has 2 nitrogen and oxygen atoms in total. The SMILES string of the molecule is OCc1nc(Br)c(I)cc1C(F)F. The normalized spacial score (nSPS) is 10.9. The summed E-state index contributed by atoms with van der Waals surface area (Å²) in [5.41, 5.74) is -0.197. The average Bonchev–Trinajstić information content (AvgIpc) is 2.08. The van der Waals surface area contributed by atoms with Crippen molar-refractivity contribution in [2.24, 2.45) is 0 Å². The van der Waals surface area contributed by atoms with Crippen molar-refractivity contribution in [3.05, 3.63) is 25.5 Å². The maximum absolute atomic E-state index is 12.4. The number of aliphatic hydroxyl groups excluding tert-OH is 1. The second-order valence-electron chi connectivity index (χ2n) is 2.26. The minimum Gasteiger partial charge on any atom is -0.390 e. The van der Waals surface area contributed by atoms with Crippen LogP contribution in [0.4, 0.5) is 8.78 Å². The molecule has 13 heavy (non-hydrogen) atoms. The lowest BCUT2D eigenvalue weighted by Crippen LogP contribution is -2.00. The van der Waals surface area contributed by atoms with E-state index in [0.717, 1.165) is 0 Å². The van der Waals surface area contributed by atoms with Crippen LogP contribution in [-0.4, -0.2) is 10.1 Å². The van der Waals surface area contributed by atoms with Gasteiger partial charge in [0, 0.05) is 9.13 Å². The molecule has 0 spiro atoms. The third-order valence-corrected chi connectivity index (χ3v) is 3.60. The second-order valence-corrected chi connectivity index (χ2v) is 4.17. The fourth-order valence-electron chi connectivity index (χ4n) is 0.831. The summed E-state index contributed by atoms with van der Waals surface area (Å²) in [6.07, 6.45) is -2.60. The summed E-state index contributed by atoms with van der Waals surface area (Å²) in [6, 6.07) is 1.31. The summed E-state index contributed by atoms with van der Waals surface area (Å²) in [7, 11) is 0. The molecular formula is C7H5BrF2INO. The lowest BCUT2D eigenvalue weighted by atomic mass is 10.2. The number of aliphatic hydroxyl groups is 1. The number of alkyl halides is 2. The van der Waals surface area contributed by atoms with Gasteiger partial charge in [-0.3, -0.25) is 0 Å². The highest BCUT2D eigenvalue weighted by molar-refractivity contribution is 14.1. The smallest absolute Gasteiger partial charge is 0.265 e. The van der Waals surface area contributed by atoms with Crippen molar-refractivity contribution in [2.45, 2.75) is 13.0 Å². The Kier molecular flexibility index (Phi) is 3.99. The van der Waals surface area contributed by atoms with Gasteiger partial charge in [0.2, 0.25) is 0 Å². The highest BCUT2D eigenvalue weighted by Gasteiger charge is 2.15. The van der Waals surface area contributed by atoms with E-state index in [1.165, 1.54) is 6.07 Å². The Labute approximate surface area is 95.6 Å². The predicted octanol–water partition coefficient (Wildman–Crippen LogP) is 2.88. The first-order chi connectivity index (χ1) is 6.06. The first-order valence-corrected chi connectivity index (χ1v) is 5.17. The van der Waals surface area contributed by atoms with E-state index >= 15 is 0 Å². The molecule has 72 valence electrons. The molecule has 0 aliphatic carbocycles. The lowest BCUT2D eigenvalue weighted by molar-refractivity contribution is 0.146. The molecule has 0 saturated carbocycles. The average molecular weight is 364 g/mol. The minimum absolute atomic E-state index is 0.0160. The molecule has 0 saturated heterocycles. The summed E-state index contributed by atoms with van der Waals surface area (Å²) in [5, 5.41) is 8.76. The van der Waals surface area contributed by atoms with Crippen LogP contribution in [-0.2, 0) is 6.61 Å². The summed E-state index contributed by atoms with van der Waals surface area (Å²) in [6.45, 7) is -0.477. The Morgan fingerprint density at radius 2 is 2.23 bits per heavy atom. The highest BCUT2D eigenvalue weighted by atomic mass is 127. The topological polar surface area (TPSA) is 33.1 Å². The summed E-state index contributed by atoms with van der Waals surface area (Å²) < 4.78 is 25.8. The van der Waals surface area contributed by atoms with Gasteiger partial charge in [0.25, 0.3) is 6.43 Å². The maximum Gasteiger partial charge on any atom is 0.265 e. The Hall–Kier alpha value is 0.180. The Morgan fingerprint density at radius 1 is 1.62 bits per heavy atom. The molecule has 0 aromatic carbocycles. The zero-order chi connectivity index (χ0) is 10.0. The van der Waals surface area contributed by atoms with Gasteiger partial charge >= 0.3 is 0 Å². The van der Waals surface area contributed by atoms with E-state index in [-0.39, 0.29) is 11.3 Å². The molecule has 0 aliphatic rings. The number of nitrogens with zero attached hydrogens (tertiary/aromatic N) is 1. The molecule has 0 unspecified atom stereocenters. The standard InChI is InChI=1S/C7H5BrF2INO/c8-6-4(11)1-3(7(9)10)5(2-13)12-6/h1,7,13H,2H2. The van der Waals surface area contributed by atoms with Crippen LogP contribution in [0.3, 0.4) is 0 Å². The molecule has 6 heteroatoms. The van der Waals surface area contributed by atoms with Crippen molar-refractivity contribution in [3.63, 3.8) is 0 Å². The van der Waals surface area contributed by atoms with Crippen molar-refractivity contribution >= 4 is 38.5 Å². The van der Waals surface area contributed by atoms with Crippen molar-refractivity contribution in [1.29, 1.82) is 0 Å². The van der Waals surface area contributed by atoms with Gasteiger partial charge in [-0.25, -0.2) is 13.8 Å². The van der Waals surface area contributed by atoms with Gasteiger partial charge in [0.15, 0.2) is 0 Å². The van der Waals surface area contributed by atoms with Gasteiger partial charge in [-0.1, -0.05) is 0 Å². The Balaban J connectivity index is 3.25. The number of aromatic nitrogens is 1. The molecule has 1 heterocycles. The molecule has 0 fully saturated rings. The molecule has 0 atom stereocenters. The van der Waals surface area contributed by atoms with Crippen molar-refractivity contribution in [3.8, 4) is 0 Å². The quantitative estimate of drug-likeness (QED) is 0.647. The fourth-order valence-corrected chi connectivity index (χ4v) is 1.62. The monoisotopic (exact) mass is 363 g/mol. The number of hydrogen-bond donors (Lipinski definition) is 1. The Bertz CT molecular complexity index is 322. The zero-order valence-electron chi connectivity index (χ0n) is 6.27. The van der Waals surface area contributed by atoms with Gasteiger partial charge < -0.3 is 5.11 Å². The van der Waals surface area contributed by atoms with E-state index < -0.39 is 13.0 Å². The molecule has 0 aliphatic heterocycles. The van der Waals surface area contributed by atoms with E-state index in [1.54, 1.807) is 0 Å². The van der Waals surface area contributed by atoms with Gasteiger partial charge in [0.05, 0.1) is 12.3 Å². The van der Waals surface area contributed by atoms with E-state index in [2.05, 4.69) is 20.9 Å². The molecule has 1 aromatic heterocycles. The molecule has 0 bridgehead atoms. The number of pyridine rings is 1. The second kappa shape index (κ2) is 4.61. The number of halogens is 4. The van der Waals surface area contributed by atoms with Gasteiger partial charge in [-0.2, -0.15) is 0 Å². The highest BCUT2D eigenvalue weighted by Crippen LogP contribution is 2.27. The molecule has 1 aromatic rings.